The Morgan fingerprint density at radius 3 is 2.45 bits per heavy atom. The number of carboxylic acid groups (broad SMARTS) is 2. The second-order valence-electron chi connectivity index (χ2n) is 6.67. The Kier molecular flexibility index (Phi) is 3.68. The van der Waals surface area contributed by atoms with Crippen LogP contribution in [0.5, 0.6) is 0 Å². The highest BCUT2D eigenvalue weighted by Gasteiger charge is 2.66. The van der Waals surface area contributed by atoms with Gasteiger partial charge in [-0.25, -0.2) is 0 Å². The molecule has 2 aliphatic rings. The van der Waals surface area contributed by atoms with Crippen LogP contribution in [0, 0.1) is 23.7 Å². The maximum Gasteiger partial charge on any atom is 0.324 e. The van der Waals surface area contributed by atoms with Crippen molar-refractivity contribution in [3.63, 3.8) is 0 Å². The van der Waals surface area contributed by atoms with Crippen molar-refractivity contribution in [1.82, 2.24) is 0 Å². The van der Waals surface area contributed by atoms with Crippen LogP contribution >= 0.6 is 0 Å². The van der Waals surface area contributed by atoms with Crippen molar-refractivity contribution in [2.75, 3.05) is 0 Å². The second kappa shape index (κ2) is 5.39. The molecule has 2 fully saturated rings. The van der Waals surface area contributed by atoms with E-state index < -0.39 is 23.4 Å². The van der Waals surface area contributed by atoms with E-state index in [2.05, 4.69) is 12.1 Å². The number of benzene rings is 1. The molecule has 0 aliphatic heterocycles. The van der Waals surface area contributed by atoms with Gasteiger partial charge in [-0.05, 0) is 49.0 Å². The largest absolute Gasteiger partial charge is 0.481 e. The number of aliphatic carboxylic acids is 2. The molecule has 3 rings (SSSR count). The zero-order valence-corrected chi connectivity index (χ0v) is 12.3. The summed E-state index contributed by atoms with van der Waals surface area (Å²) in [5.41, 5.74) is 5.65. The van der Waals surface area contributed by atoms with Gasteiger partial charge in [-0.3, -0.25) is 9.59 Å². The molecule has 0 aromatic heterocycles. The van der Waals surface area contributed by atoms with Crippen molar-refractivity contribution in [2.45, 2.75) is 31.2 Å². The van der Waals surface area contributed by atoms with Crippen molar-refractivity contribution in [3.05, 3.63) is 35.9 Å². The van der Waals surface area contributed by atoms with Gasteiger partial charge in [0.05, 0.1) is 5.92 Å². The lowest BCUT2D eigenvalue weighted by Gasteiger charge is -2.38. The number of fused-ring (bicyclic) bond motifs is 2. The summed E-state index contributed by atoms with van der Waals surface area (Å²) in [6.07, 6.45) is 3.14. The lowest BCUT2D eigenvalue weighted by molar-refractivity contribution is -0.159. The van der Waals surface area contributed by atoms with E-state index in [0.717, 1.165) is 19.3 Å². The normalized spacial score (nSPS) is 36.4. The van der Waals surface area contributed by atoms with Crippen LogP contribution in [-0.4, -0.2) is 27.7 Å². The minimum atomic E-state index is -1.60. The Hall–Kier alpha value is -1.88. The summed E-state index contributed by atoms with van der Waals surface area (Å²) in [5.74, 6) is -3.30. The number of hydrogen-bond donors (Lipinski definition) is 3. The van der Waals surface area contributed by atoms with E-state index in [1.165, 1.54) is 5.56 Å². The van der Waals surface area contributed by atoms with Crippen molar-refractivity contribution < 1.29 is 19.8 Å². The van der Waals surface area contributed by atoms with Crippen molar-refractivity contribution in [1.29, 1.82) is 0 Å². The van der Waals surface area contributed by atoms with Crippen molar-refractivity contribution in [3.8, 4) is 0 Å². The van der Waals surface area contributed by atoms with Crippen LogP contribution in [0.4, 0.5) is 0 Å². The molecule has 0 saturated heterocycles. The Morgan fingerprint density at radius 2 is 1.86 bits per heavy atom. The Labute approximate surface area is 129 Å². The maximum atomic E-state index is 11.6. The molecule has 5 atom stereocenters. The summed E-state index contributed by atoms with van der Waals surface area (Å²) in [6.45, 7) is 0. The summed E-state index contributed by atoms with van der Waals surface area (Å²) in [5, 5.41) is 18.9. The average molecular weight is 303 g/mol. The van der Waals surface area contributed by atoms with Crippen LogP contribution in [-0.2, 0) is 16.0 Å². The maximum absolute atomic E-state index is 11.6. The summed E-state index contributed by atoms with van der Waals surface area (Å²) < 4.78 is 0. The summed E-state index contributed by atoms with van der Waals surface area (Å²) in [6, 6.07) is 10.1. The molecule has 0 unspecified atom stereocenters. The third-order valence-corrected chi connectivity index (χ3v) is 5.65. The average Bonchev–Trinajstić information content (AvgIpc) is 3.02. The molecule has 2 bridgehead atoms. The van der Waals surface area contributed by atoms with Gasteiger partial charge in [0.25, 0.3) is 0 Å². The van der Waals surface area contributed by atoms with Gasteiger partial charge < -0.3 is 15.9 Å². The molecular formula is C17H21NO4. The van der Waals surface area contributed by atoms with Gasteiger partial charge in [-0.1, -0.05) is 30.3 Å². The number of hydrogen-bond acceptors (Lipinski definition) is 3. The number of carbonyl (C=O) groups is 2. The third-order valence-electron chi connectivity index (χ3n) is 5.65. The topological polar surface area (TPSA) is 101 Å². The minimum Gasteiger partial charge on any atom is -0.481 e. The molecular weight excluding hydrogens is 282 g/mol. The Morgan fingerprint density at radius 1 is 1.18 bits per heavy atom. The van der Waals surface area contributed by atoms with Gasteiger partial charge in [0, 0.05) is 0 Å². The van der Waals surface area contributed by atoms with E-state index >= 15 is 0 Å². The van der Waals surface area contributed by atoms with Crippen molar-refractivity contribution in [2.24, 2.45) is 29.4 Å². The fourth-order valence-corrected chi connectivity index (χ4v) is 4.59. The van der Waals surface area contributed by atoms with E-state index in [1.54, 1.807) is 0 Å². The monoisotopic (exact) mass is 303 g/mol. The second-order valence-corrected chi connectivity index (χ2v) is 6.67. The fourth-order valence-electron chi connectivity index (χ4n) is 4.59. The van der Waals surface area contributed by atoms with E-state index in [9.17, 15) is 19.8 Å². The lowest BCUT2D eigenvalue weighted by atomic mass is 9.68. The molecule has 2 saturated carbocycles. The standard InChI is InChI=1S/C17H21NO4/c18-17(16(21)22)12-8-11(13(9-12)14(17)15(19)20)7-6-10-4-2-1-3-5-10/h1-5,11-14H,6-9,18H2,(H,19,20)(H,21,22)/t11-,12-,13-,14+,17+/m0/s1. The molecule has 118 valence electrons. The summed E-state index contributed by atoms with van der Waals surface area (Å²) in [7, 11) is 0. The first-order chi connectivity index (χ1) is 10.4. The minimum absolute atomic E-state index is 0.118. The van der Waals surface area contributed by atoms with Gasteiger partial charge in [0.2, 0.25) is 0 Å². The molecule has 5 heteroatoms. The molecule has 0 amide bonds. The summed E-state index contributed by atoms with van der Waals surface area (Å²) >= 11 is 0. The molecule has 4 N–H and O–H groups in total. The molecule has 0 radical (unpaired) electrons. The Bertz CT molecular complexity index is 588. The summed E-state index contributed by atoms with van der Waals surface area (Å²) in [4.78, 5) is 23.1. The molecule has 1 aromatic rings. The van der Waals surface area contributed by atoms with Gasteiger partial charge in [0.15, 0.2) is 0 Å². The van der Waals surface area contributed by atoms with Crippen LogP contribution < -0.4 is 5.73 Å². The van der Waals surface area contributed by atoms with Crippen LogP contribution in [0.15, 0.2) is 30.3 Å². The smallest absolute Gasteiger partial charge is 0.324 e. The highest BCUT2D eigenvalue weighted by molar-refractivity contribution is 5.88. The number of nitrogens with two attached hydrogens (primary N) is 1. The van der Waals surface area contributed by atoms with E-state index in [1.807, 2.05) is 18.2 Å². The molecule has 2 aliphatic carbocycles. The first-order valence-electron chi connectivity index (χ1n) is 7.73. The zero-order valence-electron chi connectivity index (χ0n) is 12.3. The Balaban J connectivity index is 1.74. The lowest BCUT2D eigenvalue weighted by Crippen LogP contribution is -2.61. The van der Waals surface area contributed by atoms with Crippen molar-refractivity contribution >= 4 is 11.9 Å². The van der Waals surface area contributed by atoms with Crippen LogP contribution in [0.25, 0.3) is 0 Å². The van der Waals surface area contributed by atoms with Gasteiger partial charge in [-0.15, -0.1) is 0 Å². The number of aryl methyl sites for hydroxylation is 1. The molecule has 0 heterocycles. The highest BCUT2D eigenvalue weighted by atomic mass is 16.4. The molecule has 0 spiro atoms. The van der Waals surface area contributed by atoms with Crippen LogP contribution in [0.3, 0.4) is 0 Å². The van der Waals surface area contributed by atoms with Crippen LogP contribution in [0.2, 0.25) is 0 Å². The fraction of sp³-hybridized carbons (Fsp3) is 0.529. The molecule has 1 aromatic carbocycles. The quantitative estimate of drug-likeness (QED) is 0.769. The first-order valence-corrected chi connectivity index (χ1v) is 7.73. The zero-order chi connectivity index (χ0) is 15.9. The molecule has 5 nitrogen and oxygen atoms in total. The first kappa shape index (κ1) is 15.0. The van der Waals surface area contributed by atoms with E-state index in [-0.39, 0.29) is 17.8 Å². The number of carboxylic acids is 2. The SMILES string of the molecule is N[C@]1(C(=O)O)[C@H]2C[C@H](CCc3ccccc3)[C@H](C2)[C@@H]1C(=O)O. The van der Waals surface area contributed by atoms with Gasteiger partial charge in [0.1, 0.15) is 5.54 Å². The third kappa shape index (κ3) is 2.20. The van der Waals surface area contributed by atoms with Crippen LogP contribution in [0.1, 0.15) is 24.8 Å². The predicted molar refractivity (Wildman–Crippen MR) is 80.1 cm³/mol. The number of rotatable bonds is 5. The van der Waals surface area contributed by atoms with E-state index in [4.69, 9.17) is 5.73 Å². The highest BCUT2D eigenvalue weighted by Crippen LogP contribution is 2.57. The van der Waals surface area contributed by atoms with Gasteiger partial charge in [-0.2, -0.15) is 0 Å². The van der Waals surface area contributed by atoms with E-state index in [0.29, 0.717) is 6.42 Å². The predicted octanol–water partition coefficient (Wildman–Crippen LogP) is 1.76. The molecule has 22 heavy (non-hydrogen) atoms. The van der Waals surface area contributed by atoms with Gasteiger partial charge >= 0.3 is 11.9 Å².